The van der Waals surface area contributed by atoms with Crippen LogP contribution in [0.2, 0.25) is 0 Å². The van der Waals surface area contributed by atoms with Crippen LogP contribution in [-0.2, 0) is 4.79 Å². The van der Waals surface area contributed by atoms with E-state index in [-0.39, 0.29) is 0 Å². The van der Waals surface area contributed by atoms with Crippen molar-refractivity contribution in [2.24, 2.45) is 0 Å². The van der Waals surface area contributed by atoms with E-state index in [2.05, 4.69) is 9.36 Å². The Labute approximate surface area is 84.6 Å². The summed E-state index contributed by atoms with van der Waals surface area (Å²) in [4.78, 5) is 14.7. The van der Waals surface area contributed by atoms with Crippen LogP contribution in [0.15, 0.2) is 10.7 Å². The van der Waals surface area contributed by atoms with Crippen molar-refractivity contribution in [3.05, 3.63) is 6.33 Å². The number of hydrogen-bond acceptors (Lipinski definition) is 5. The Morgan fingerprint density at radius 2 is 2.62 bits per heavy atom. The molecule has 0 fully saturated rings. The van der Waals surface area contributed by atoms with E-state index in [1.165, 1.54) is 29.6 Å². The summed E-state index contributed by atoms with van der Waals surface area (Å²) in [6.07, 6.45) is 2.97. The van der Waals surface area contributed by atoms with Crippen molar-refractivity contribution >= 4 is 29.3 Å². The quantitative estimate of drug-likeness (QED) is 0.764. The minimum absolute atomic E-state index is 0.391. The summed E-state index contributed by atoms with van der Waals surface area (Å²) in [6.45, 7) is 1.97. The molecule has 0 aliphatic rings. The molecule has 0 saturated carbocycles. The van der Waals surface area contributed by atoms with E-state index in [1.807, 2.05) is 6.92 Å². The Morgan fingerprint density at radius 1 is 1.85 bits per heavy atom. The lowest BCUT2D eigenvalue weighted by molar-refractivity contribution is -0.136. The van der Waals surface area contributed by atoms with Crippen LogP contribution in [0.3, 0.4) is 0 Å². The summed E-state index contributed by atoms with van der Waals surface area (Å²) in [5.41, 5.74) is 0. The van der Waals surface area contributed by atoms with Gasteiger partial charge in [0.25, 0.3) is 0 Å². The molecular weight excluding hydrogens is 208 g/mol. The van der Waals surface area contributed by atoms with Crippen molar-refractivity contribution in [2.75, 3.05) is 0 Å². The maximum absolute atomic E-state index is 10.8. The van der Waals surface area contributed by atoms with E-state index in [1.54, 1.807) is 0 Å². The number of rotatable bonds is 5. The molecule has 1 heterocycles. The predicted molar refractivity (Wildman–Crippen MR) is 52.1 cm³/mol. The average molecular weight is 218 g/mol. The van der Waals surface area contributed by atoms with Gasteiger partial charge < -0.3 is 5.11 Å². The van der Waals surface area contributed by atoms with E-state index >= 15 is 0 Å². The van der Waals surface area contributed by atoms with Gasteiger partial charge in [-0.15, -0.1) is 0 Å². The van der Waals surface area contributed by atoms with Crippen molar-refractivity contribution in [3.63, 3.8) is 0 Å². The topological polar surface area (TPSA) is 63.1 Å². The Hall–Kier alpha value is -0.620. The van der Waals surface area contributed by atoms with Crippen LogP contribution in [0.4, 0.5) is 0 Å². The Morgan fingerprint density at radius 3 is 3.08 bits per heavy atom. The van der Waals surface area contributed by atoms with Gasteiger partial charge in [-0.2, -0.15) is 4.37 Å². The number of thioether (sulfide) groups is 1. The summed E-state index contributed by atoms with van der Waals surface area (Å²) in [6, 6.07) is 0. The Bertz CT molecular complexity index is 263. The summed E-state index contributed by atoms with van der Waals surface area (Å²) >= 11 is 2.51. The lowest BCUT2D eigenvalue weighted by atomic mass is 10.2. The molecule has 0 bridgehead atoms. The van der Waals surface area contributed by atoms with Crippen LogP contribution in [0.5, 0.6) is 0 Å². The monoisotopic (exact) mass is 218 g/mol. The van der Waals surface area contributed by atoms with Gasteiger partial charge in [-0.1, -0.05) is 25.1 Å². The molecular formula is C7H10N2O2S2. The standard InChI is InChI=1S/C7H10N2O2S2/c1-2-3-5(6(10)11)12-7-8-4-9-13-7/h4-5H,2-3H2,1H3,(H,10,11). The molecule has 0 spiro atoms. The molecule has 0 aliphatic heterocycles. The molecule has 6 heteroatoms. The number of hydrogen-bond donors (Lipinski definition) is 1. The highest BCUT2D eigenvalue weighted by molar-refractivity contribution is 8.02. The fraction of sp³-hybridized carbons (Fsp3) is 0.571. The minimum atomic E-state index is -0.776. The van der Waals surface area contributed by atoms with Gasteiger partial charge in [-0.25, -0.2) is 4.98 Å². The molecule has 0 aliphatic carbocycles. The summed E-state index contributed by atoms with van der Waals surface area (Å²) in [5.74, 6) is -0.776. The van der Waals surface area contributed by atoms with E-state index in [0.717, 1.165) is 10.8 Å². The number of aliphatic carboxylic acids is 1. The van der Waals surface area contributed by atoms with Crippen LogP contribution < -0.4 is 0 Å². The largest absolute Gasteiger partial charge is 0.480 e. The molecule has 0 aromatic carbocycles. The number of carboxylic acid groups (broad SMARTS) is 1. The molecule has 1 aromatic rings. The van der Waals surface area contributed by atoms with Gasteiger partial charge in [-0.05, 0) is 18.0 Å². The minimum Gasteiger partial charge on any atom is -0.480 e. The van der Waals surface area contributed by atoms with Crippen molar-refractivity contribution in [1.82, 2.24) is 9.36 Å². The molecule has 1 N–H and O–H groups in total. The van der Waals surface area contributed by atoms with Crippen molar-refractivity contribution in [3.8, 4) is 0 Å². The average Bonchev–Trinajstić information content (AvgIpc) is 2.56. The van der Waals surface area contributed by atoms with E-state index in [4.69, 9.17) is 5.11 Å². The summed E-state index contributed by atoms with van der Waals surface area (Å²) < 4.78 is 4.53. The first-order valence-corrected chi connectivity index (χ1v) is 5.55. The van der Waals surface area contributed by atoms with E-state index in [0.29, 0.717) is 6.42 Å². The Kier molecular flexibility index (Phi) is 4.17. The van der Waals surface area contributed by atoms with Gasteiger partial charge >= 0.3 is 5.97 Å². The Balaban J connectivity index is 2.52. The van der Waals surface area contributed by atoms with Gasteiger partial charge in [0.05, 0.1) is 0 Å². The normalized spacial score (nSPS) is 12.7. The maximum atomic E-state index is 10.8. The molecule has 1 atom stereocenters. The second-order valence-corrected chi connectivity index (χ2v) is 4.67. The second-order valence-electron chi connectivity index (χ2n) is 2.44. The summed E-state index contributed by atoms with van der Waals surface area (Å²) in [7, 11) is 0. The molecule has 4 nitrogen and oxygen atoms in total. The van der Waals surface area contributed by atoms with Crippen LogP contribution in [0.25, 0.3) is 0 Å². The molecule has 72 valence electrons. The molecule has 1 unspecified atom stereocenters. The van der Waals surface area contributed by atoms with Crippen molar-refractivity contribution in [2.45, 2.75) is 29.4 Å². The number of carboxylic acids is 1. The fourth-order valence-electron chi connectivity index (χ4n) is 0.832. The van der Waals surface area contributed by atoms with Crippen LogP contribution in [0, 0.1) is 0 Å². The first-order chi connectivity index (χ1) is 6.24. The molecule has 0 amide bonds. The highest BCUT2D eigenvalue weighted by atomic mass is 32.2. The van der Waals surface area contributed by atoms with Gasteiger partial charge in [0.2, 0.25) is 0 Å². The molecule has 1 aromatic heterocycles. The SMILES string of the molecule is CCCC(Sc1ncns1)C(=O)O. The second kappa shape index (κ2) is 5.18. The van der Waals surface area contributed by atoms with Crippen LogP contribution in [-0.4, -0.2) is 25.7 Å². The summed E-state index contributed by atoms with van der Waals surface area (Å²) in [5, 5.41) is 8.45. The van der Waals surface area contributed by atoms with Crippen molar-refractivity contribution < 1.29 is 9.90 Å². The third-order valence-corrected chi connectivity index (χ3v) is 3.41. The molecule has 13 heavy (non-hydrogen) atoms. The number of nitrogens with zero attached hydrogens (tertiary/aromatic N) is 2. The van der Waals surface area contributed by atoms with Gasteiger partial charge in [0, 0.05) is 0 Å². The van der Waals surface area contributed by atoms with E-state index in [9.17, 15) is 4.79 Å². The number of carbonyl (C=O) groups is 1. The molecule has 1 rings (SSSR count). The van der Waals surface area contributed by atoms with Crippen LogP contribution in [0.1, 0.15) is 19.8 Å². The number of aromatic nitrogens is 2. The van der Waals surface area contributed by atoms with Crippen molar-refractivity contribution in [1.29, 1.82) is 0 Å². The zero-order valence-electron chi connectivity index (χ0n) is 7.14. The maximum Gasteiger partial charge on any atom is 0.317 e. The first-order valence-electron chi connectivity index (χ1n) is 3.90. The fourth-order valence-corrected chi connectivity index (χ4v) is 2.57. The lowest BCUT2D eigenvalue weighted by Crippen LogP contribution is -2.15. The highest BCUT2D eigenvalue weighted by Crippen LogP contribution is 2.26. The highest BCUT2D eigenvalue weighted by Gasteiger charge is 2.18. The molecule has 0 radical (unpaired) electrons. The predicted octanol–water partition coefficient (Wildman–Crippen LogP) is 1.88. The van der Waals surface area contributed by atoms with Gasteiger partial charge in [0.15, 0.2) is 4.34 Å². The third-order valence-electron chi connectivity index (χ3n) is 1.41. The smallest absolute Gasteiger partial charge is 0.317 e. The van der Waals surface area contributed by atoms with E-state index < -0.39 is 11.2 Å². The zero-order chi connectivity index (χ0) is 9.68. The van der Waals surface area contributed by atoms with Gasteiger partial charge in [0.1, 0.15) is 11.6 Å². The first kappa shape index (κ1) is 10.5. The van der Waals surface area contributed by atoms with Crippen LogP contribution >= 0.6 is 23.3 Å². The third kappa shape index (κ3) is 3.31. The molecule has 0 saturated heterocycles. The van der Waals surface area contributed by atoms with Gasteiger partial charge in [-0.3, -0.25) is 4.79 Å². The zero-order valence-corrected chi connectivity index (χ0v) is 8.77. The lowest BCUT2D eigenvalue weighted by Gasteiger charge is -2.06.